The molecule has 1 heterocycles. The molecular formula is C25H43Cl3N4O. The van der Waals surface area contributed by atoms with Gasteiger partial charge in [-0.25, -0.2) is 0 Å². The van der Waals surface area contributed by atoms with E-state index in [-0.39, 0.29) is 30.7 Å². The lowest BCUT2D eigenvalue weighted by Gasteiger charge is -2.45. The smallest absolute Gasteiger partial charge is 0.239 e. The highest BCUT2D eigenvalue weighted by Gasteiger charge is 2.33. The molecule has 2 fully saturated rings. The van der Waals surface area contributed by atoms with E-state index in [0.29, 0.717) is 17.5 Å². The minimum absolute atomic E-state index is 0. The van der Waals surface area contributed by atoms with E-state index in [9.17, 15) is 4.79 Å². The molecule has 33 heavy (non-hydrogen) atoms. The molecule has 8 heteroatoms. The van der Waals surface area contributed by atoms with E-state index in [4.69, 9.17) is 17.3 Å². The largest absolute Gasteiger partial charge is 0.339 e. The van der Waals surface area contributed by atoms with Gasteiger partial charge in [0.25, 0.3) is 0 Å². The van der Waals surface area contributed by atoms with Gasteiger partial charge in [0.15, 0.2) is 0 Å². The molecule has 3 rings (SSSR count). The maximum atomic E-state index is 13.0. The quantitative estimate of drug-likeness (QED) is 0.520. The van der Waals surface area contributed by atoms with Gasteiger partial charge in [0.1, 0.15) is 0 Å². The van der Waals surface area contributed by atoms with Crippen LogP contribution in [0.3, 0.4) is 0 Å². The van der Waals surface area contributed by atoms with E-state index >= 15 is 0 Å². The first-order valence-electron chi connectivity index (χ1n) is 12.3. The van der Waals surface area contributed by atoms with E-state index in [1.807, 2.05) is 29.2 Å². The summed E-state index contributed by atoms with van der Waals surface area (Å²) in [7, 11) is 0. The Bertz CT molecular complexity index is 673. The maximum Gasteiger partial charge on any atom is 0.239 e. The van der Waals surface area contributed by atoms with Crippen LogP contribution in [-0.2, 0) is 11.2 Å². The number of halogens is 3. The van der Waals surface area contributed by atoms with Crippen LogP contribution in [0, 0.1) is 5.92 Å². The molecule has 0 spiro atoms. The van der Waals surface area contributed by atoms with Gasteiger partial charge < -0.3 is 15.5 Å². The number of carbonyl (C=O) groups is 1. The average molecular weight is 522 g/mol. The Hall–Kier alpha value is -0.560. The molecule has 1 aliphatic heterocycles. The van der Waals surface area contributed by atoms with Crippen molar-refractivity contribution in [2.45, 2.75) is 64.5 Å². The summed E-state index contributed by atoms with van der Waals surface area (Å²) in [5, 5.41) is 0.706. The van der Waals surface area contributed by atoms with Gasteiger partial charge in [-0.3, -0.25) is 9.69 Å². The first-order chi connectivity index (χ1) is 15.0. The molecule has 2 atom stereocenters. The fraction of sp³-hybridized carbons (Fsp3) is 0.720. The van der Waals surface area contributed by atoms with E-state index in [1.165, 1.54) is 32.1 Å². The van der Waals surface area contributed by atoms with Crippen molar-refractivity contribution in [2.75, 3.05) is 45.8 Å². The number of piperazine rings is 1. The summed E-state index contributed by atoms with van der Waals surface area (Å²) in [5.41, 5.74) is 7.34. The fourth-order valence-corrected chi connectivity index (χ4v) is 5.42. The molecular weight excluding hydrogens is 479 g/mol. The Morgan fingerprint density at radius 3 is 2.15 bits per heavy atom. The summed E-state index contributed by atoms with van der Waals surface area (Å²) in [6, 6.07) is 7.74. The van der Waals surface area contributed by atoms with Crippen molar-refractivity contribution in [2.24, 2.45) is 11.7 Å². The van der Waals surface area contributed by atoms with Crippen LogP contribution < -0.4 is 5.73 Å². The van der Waals surface area contributed by atoms with Gasteiger partial charge in [-0.05, 0) is 56.0 Å². The van der Waals surface area contributed by atoms with Crippen LogP contribution in [0.1, 0.15) is 51.5 Å². The molecule has 1 aliphatic carbocycles. The van der Waals surface area contributed by atoms with Crippen molar-refractivity contribution < 1.29 is 4.79 Å². The number of carbonyl (C=O) groups excluding carboxylic acids is 1. The van der Waals surface area contributed by atoms with Crippen LogP contribution in [-0.4, -0.2) is 78.5 Å². The average Bonchev–Trinajstić information content (AvgIpc) is 2.81. The Morgan fingerprint density at radius 1 is 1.03 bits per heavy atom. The van der Waals surface area contributed by atoms with E-state index in [1.54, 1.807) is 0 Å². The van der Waals surface area contributed by atoms with Gasteiger partial charge in [-0.2, -0.15) is 0 Å². The standard InChI is InChI=1S/C25H41ClN4O.2ClH/c1-3-28(4-2)19-24(21-8-6-5-7-9-21)29-14-16-30(17-15-29)25(31)23(27)18-20-10-12-22(26)13-11-20;;/h10-13,21,23-24H,3-9,14-19,27H2,1-2H3;2*1H. The molecule has 2 aliphatic rings. The molecule has 1 aromatic carbocycles. The van der Waals surface area contributed by atoms with E-state index in [0.717, 1.165) is 57.3 Å². The lowest BCUT2D eigenvalue weighted by atomic mass is 9.82. The number of nitrogens with two attached hydrogens (primary N) is 1. The normalized spacial score (nSPS) is 19.5. The Morgan fingerprint density at radius 2 is 1.61 bits per heavy atom. The number of likely N-dealkylation sites (N-methyl/N-ethyl adjacent to an activating group) is 1. The van der Waals surface area contributed by atoms with Crippen molar-refractivity contribution in [3.63, 3.8) is 0 Å². The molecule has 5 nitrogen and oxygen atoms in total. The Balaban J connectivity index is 0.00000272. The number of rotatable bonds is 9. The SMILES string of the molecule is CCN(CC)CC(C1CCCCC1)N1CCN(C(=O)C(N)Cc2ccc(Cl)cc2)CC1.Cl.Cl. The minimum atomic E-state index is -0.488. The number of nitrogens with zero attached hydrogens (tertiary/aromatic N) is 3. The van der Waals surface area contributed by atoms with Crippen molar-refractivity contribution in [3.8, 4) is 0 Å². The third-order valence-corrected chi connectivity index (χ3v) is 7.57. The number of benzene rings is 1. The summed E-state index contributed by atoms with van der Waals surface area (Å²) in [6.07, 6.45) is 7.41. The fourth-order valence-electron chi connectivity index (χ4n) is 5.30. The summed E-state index contributed by atoms with van der Waals surface area (Å²) < 4.78 is 0. The predicted molar refractivity (Wildman–Crippen MR) is 144 cm³/mol. The Kier molecular flexibility index (Phi) is 14.3. The molecule has 190 valence electrons. The van der Waals surface area contributed by atoms with E-state index in [2.05, 4.69) is 23.6 Å². The van der Waals surface area contributed by atoms with Crippen LogP contribution >= 0.6 is 36.4 Å². The Labute approximate surface area is 218 Å². The van der Waals surface area contributed by atoms with Crippen LogP contribution in [0.5, 0.6) is 0 Å². The third kappa shape index (κ3) is 8.87. The zero-order valence-corrected chi connectivity index (χ0v) is 22.6. The summed E-state index contributed by atoms with van der Waals surface area (Å²) in [4.78, 5) is 20.2. The molecule has 2 N–H and O–H groups in total. The zero-order chi connectivity index (χ0) is 22.2. The topological polar surface area (TPSA) is 52.8 Å². The zero-order valence-electron chi connectivity index (χ0n) is 20.3. The maximum absolute atomic E-state index is 13.0. The predicted octanol–water partition coefficient (Wildman–Crippen LogP) is 4.49. The van der Waals surface area contributed by atoms with Crippen LogP contribution in [0.15, 0.2) is 24.3 Å². The molecule has 1 saturated carbocycles. The highest BCUT2D eigenvalue weighted by molar-refractivity contribution is 6.30. The number of amides is 1. The van der Waals surface area contributed by atoms with Gasteiger partial charge in [-0.15, -0.1) is 24.8 Å². The van der Waals surface area contributed by atoms with Crippen LogP contribution in [0.4, 0.5) is 0 Å². The summed E-state index contributed by atoms with van der Waals surface area (Å²) in [6.45, 7) is 11.4. The van der Waals surface area contributed by atoms with Gasteiger partial charge >= 0.3 is 0 Å². The molecule has 0 aromatic heterocycles. The van der Waals surface area contributed by atoms with Gasteiger partial charge in [0.05, 0.1) is 6.04 Å². The van der Waals surface area contributed by atoms with Crippen molar-refractivity contribution in [1.29, 1.82) is 0 Å². The van der Waals surface area contributed by atoms with E-state index < -0.39 is 6.04 Å². The summed E-state index contributed by atoms with van der Waals surface area (Å²) >= 11 is 5.96. The second-order valence-electron chi connectivity index (χ2n) is 9.25. The molecule has 1 aromatic rings. The monoisotopic (exact) mass is 520 g/mol. The molecule has 1 saturated heterocycles. The lowest BCUT2D eigenvalue weighted by Crippen LogP contribution is -2.58. The molecule has 1 amide bonds. The van der Waals surface area contributed by atoms with Crippen molar-refractivity contribution >= 4 is 42.3 Å². The molecule has 0 radical (unpaired) electrons. The van der Waals surface area contributed by atoms with Crippen molar-refractivity contribution in [3.05, 3.63) is 34.9 Å². The molecule has 0 bridgehead atoms. The van der Waals surface area contributed by atoms with Gasteiger partial charge in [0, 0.05) is 43.8 Å². The minimum Gasteiger partial charge on any atom is -0.339 e. The first-order valence-corrected chi connectivity index (χ1v) is 12.6. The van der Waals surface area contributed by atoms with Gasteiger partial charge in [-0.1, -0.05) is 56.8 Å². The van der Waals surface area contributed by atoms with Crippen molar-refractivity contribution in [1.82, 2.24) is 14.7 Å². The molecule has 2 unspecified atom stereocenters. The third-order valence-electron chi connectivity index (χ3n) is 7.31. The van der Waals surface area contributed by atoms with Gasteiger partial charge in [0.2, 0.25) is 5.91 Å². The van der Waals surface area contributed by atoms with Crippen LogP contribution in [0.2, 0.25) is 5.02 Å². The van der Waals surface area contributed by atoms with Crippen LogP contribution in [0.25, 0.3) is 0 Å². The number of hydrogen-bond acceptors (Lipinski definition) is 4. The highest BCUT2D eigenvalue weighted by atomic mass is 35.5. The number of hydrogen-bond donors (Lipinski definition) is 1. The second kappa shape index (κ2) is 15.4. The highest BCUT2D eigenvalue weighted by Crippen LogP contribution is 2.30. The summed E-state index contributed by atoms with van der Waals surface area (Å²) in [5.74, 6) is 0.872. The second-order valence-corrected chi connectivity index (χ2v) is 9.69. The lowest BCUT2D eigenvalue weighted by molar-refractivity contribution is -0.135. The first kappa shape index (κ1) is 30.5.